The zero-order chi connectivity index (χ0) is 9.35. The van der Waals surface area contributed by atoms with Gasteiger partial charge in [0.2, 0.25) is 0 Å². The van der Waals surface area contributed by atoms with Crippen LogP contribution in [0.2, 0.25) is 14.8 Å². The van der Waals surface area contributed by atoms with Crippen molar-refractivity contribution in [2.24, 2.45) is 0 Å². The van der Waals surface area contributed by atoms with Gasteiger partial charge in [-0.1, -0.05) is 0 Å². The van der Waals surface area contributed by atoms with Crippen LogP contribution in [-0.2, 0) is 0 Å². The fraction of sp³-hybridized carbons (Fsp3) is 0.375. The predicted molar refractivity (Wildman–Crippen MR) is 47.1 cm³/mol. The van der Waals surface area contributed by atoms with E-state index in [2.05, 4.69) is 4.98 Å². The van der Waals surface area contributed by atoms with Gasteiger partial charge >= 0.3 is 74.6 Å². The molecule has 0 saturated heterocycles. The van der Waals surface area contributed by atoms with Crippen LogP contribution in [0.3, 0.4) is 0 Å². The second kappa shape index (κ2) is 3.28. The summed E-state index contributed by atoms with van der Waals surface area (Å²) in [5, 5.41) is 0. The van der Waals surface area contributed by atoms with E-state index < -0.39 is 30.0 Å². The molecule has 1 rings (SSSR count). The molecule has 0 aromatic carbocycles. The molecule has 12 heavy (non-hydrogen) atoms. The van der Waals surface area contributed by atoms with E-state index in [1.807, 2.05) is 14.8 Å². The van der Waals surface area contributed by atoms with E-state index in [9.17, 15) is 8.78 Å². The second-order valence-electron chi connectivity index (χ2n) is 3.73. The van der Waals surface area contributed by atoms with Gasteiger partial charge in [0.15, 0.2) is 0 Å². The zero-order valence-electron chi connectivity index (χ0n) is 7.36. The van der Waals surface area contributed by atoms with E-state index >= 15 is 0 Å². The van der Waals surface area contributed by atoms with Crippen molar-refractivity contribution in [3.8, 4) is 0 Å². The molecule has 0 amide bonds. The predicted octanol–water partition coefficient (Wildman–Crippen LogP) is 1.91. The number of pyridine rings is 1. The molecular weight excluding hydrogens is 267 g/mol. The fourth-order valence-corrected chi connectivity index (χ4v) is 4.51. The molecule has 1 aromatic rings. The number of hydrogen-bond donors (Lipinski definition) is 0. The molecule has 0 aliphatic heterocycles. The summed E-state index contributed by atoms with van der Waals surface area (Å²) in [5.41, 5.74) is 0. The SMILES string of the molecule is [CH3][Sn]([CH3])([CH3])[c]1ncc(F)cc1F. The Morgan fingerprint density at radius 3 is 2.25 bits per heavy atom. The van der Waals surface area contributed by atoms with Crippen molar-refractivity contribution < 1.29 is 8.78 Å². The Morgan fingerprint density at radius 2 is 1.83 bits per heavy atom. The number of aromatic nitrogens is 1. The molecule has 0 bridgehead atoms. The van der Waals surface area contributed by atoms with E-state index in [0.717, 1.165) is 12.3 Å². The van der Waals surface area contributed by atoms with E-state index in [-0.39, 0.29) is 0 Å². The first-order valence-corrected chi connectivity index (χ1v) is 13.7. The van der Waals surface area contributed by atoms with Gasteiger partial charge in [0, 0.05) is 0 Å². The molecule has 0 unspecified atom stereocenters. The molecule has 1 heterocycles. The fourth-order valence-electron chi connectivity index (χ4n) is 0.966. The van der Waals surface area contributed by atoms with Crippen LogP contribution in [0.4, 0.5) is 8.78 Å². The molecule has 1 aromatic heterocycles. The Bertz CT molecular complexity index is 294. The van der Waals surface area contributed by atoms with E-state index in [4.69, 9.17) is 0 Å². The molecule has 0 spiro atoms. The number of hydrogen-bond acceptors (Lipinski definition) is 1. The Morgan fingerprint density at radius 1 is 1.25 bits per heavy atom. The van der Waals surface area contributed by atoms with Crippen molar-refractivity contribution >= 4 is 22.1 Å². The molecule has 0 aliphatic carbocycles. The molecule has 0 atom stereocenters. The Balaban J connectivity index is 3.19. The van der Waals surface area contributed by atoms with E-state index in [0.29, 0.717) is 3.71 Å². The quantitative estimate of drug-likeness (QED) is 0.715. The zero-order valence-corrected chi connectivity index (χ0v) is 10.2. The summed E-state index contributed by atoms with van der Waals surface area (Å²) in [6, 6.07) is 0.907. The molecule has 0 aliphatic rings. The van der Waals surface area contributed by atoms with Gasteiger partial charge in [-0.2, -0.15) is 0 Å². The Labute approximate surface area is 74.7 Å². The van der Waals surface area contributed by atoms with Gasteiger partial charge in [0.05, 0.1) is 0 Å². The van der Waals surface area contributed by atoms with Crippen LogP contribution < -0.4 is 3.71 Å². The van der Waals surface area contributed by atoms with Crippen molar-refractivity contribution in [1.82, 2.24) is 4.98 Å². The third kappa shape index (κ3) is 2.15. The van der Waals surface area contributed by atoms with Gasteiger partial charge in [0.1, 0.15) is 0 Å². The number of rotatable bonds is 1. The van der Waals surface area contributed by atoms with Crippen LogP contribution in [0.5, 0.6) is 0 Å². The van der Waals surface area contributed by atoms with E-state index in [1.54, 1.807) is 0 Å². The van der Waals surface area contributed by atoms with Crippen molar-refractivity contribution in [2.45, 2.75) is 14.8 Å². The summed E-state index contributed by atoms with van der Waals surface area (Å²) in [4.78, 5) is 9.91. The maximum absolute atomic E-state index is 13.1. The van der Waals surface area contributed by atoms with Crippen LogP contribution in [0.15, 0.2) is 12.3 Å². The average molecular weight is 278 g/mol. The van der Waals surface area contributed by atoms with E-state index in [1.165, 1.54) is 0 Å². The summed E-state index contributed by atoms with van der Waals surface area (Å²) in [5.74, 6) is -1.09. The average Bonchev–Trinajstić information content (AvgIpc) is 1.83. The van der Waals surface area contributed by atoms with Gasteiger partial charge in [-0.05, 0) is 0 Å². The molecule has 66 valence electrons. The summed E-state index contributed by atoms with van der Waals surface area (Å²) in [6.45, 7) is 0. The maximum atomic E-state index is 13.1. The minimum atomic E-state index is -2.46. The first-order valence-electron chi connectivity index (χ1n) is 3.73. The second-order valence-corrected chi connectivity index (χ2v) is 17.9. The van der Waals surface area contributed by atoms with Gasteiger partial charge in [0.25, 0.3) is 0 Å². The third-order valence-electron chi connectivity index (χ3n) is 1.52. The van der Waals surface area contributed by atoms with Crippen LogP contribution >= 0.6 is 0 Å². The summed E-state index contributed by atoms with van der Waals surface area (Å²) in [7, 11) is 0. The first-order chi connectivity index (χ1) is 5.41. The molecule has 4 heteroatoms. The number of halogens is 2. The molecule has 1 nitrogen and oxygen atoms in total. The summed E-state index contributed by atoms with van der Waals surface area (Å²) in [6.07, 6.45) is 1.08. The van der Waals surface area contributed by atoms with Gasteiger partial charge < -0.3 is 0 Å². The topological polar surface area (TPSA) is 12.9 Å². The number of nitrogens with zero attached hydrogens (tertiary/aromatic N) is 1. The van der Waals surface area contributed by atoms with Crippen LogP contribution in [0.25, 0.3) is 0 Å². The van der Waals surface area contributed by atoms with Crippen LogP contribution in [0, 0.1) is 11.6 Å². The van der Waals surface area contributed by atoms with Gasteiger partial charge in [-0.15, -0.1) is 0 Å². The molecular formula is C8H11F2NSn. The van der Waals surface area contributed by atoms with Crippen LogP contribution in [0.1, 0.15) is 0 Å². The van der Waals surface area contributed by atoms with Crippen molar-refractivity contribution in [2.75, 3.05) is 0 Å². The molecule has 0 radical (unpaired) electrons. The minimum absolute atomic E-state index is 0.488. The summed E-state index contributed by atoms with van der Waals surface area (Å²) < 4.78 is 26.1. The van der Waals surface area contributed by atoms with Gasteiger partial charge in [-0.3, -0.25) is 0 Å². The van der Waals surface area contributed by atoms with Crippen molar-refractivity contribution in [3.05, 3.63) is 23.9 Å². The Hall–Kier alpha value is -0.191. The standard InChI is InChI=1S/C5H2F2N.3CH3.Sn/c6-4-1-5(7)3-8-2-4;;;;/h1-2H;3*1H3;. The van der Waals surface area contributed by atoms with Crippen molar-refractivity contribution in [3.63, 3.8) is 0 Å². The normalized spacial score (nSPS) is 11.8. The monoisotopic (exact) mass is 279 g/mol. The van der Waals surface area contributed by atoms with Gasteiger partial charge in [-0.25, -0.2) is 0 Å². The molecule has 0 N–H and O–H groups in total. The summed E-state index contributed by atoms with van der Waals surface area (Å²) >= 11 is -2.46. The van der Waals surface area contributed by atoms with Crippen molar-refractivity contribution in [1.29, 1.82) is 0 Å². The Kier molecular flexibility index (Phi) is 2.70. The first kappa shape index (κ1) is 9.89. The molecule has 0 saturated carbocycles. The van der Waals surface area contributed by atoms with Crippen LogP contribution in [-0.4, -0.2) is 23.4 Å². The third-order valence-corrected chi connectivity index (χ3v) is 6.62. The molecule has 0 fully saturated rings.